The highest BCUT2D eigenvalue weighted by Gasteiger charge is 2.30. The van der Waals surface area contributed by atoms with Gasteiger partial charge in [-0.25, -0.2) is 9.59 Å². The van der Waals surface area contributed by atoms with Crippen molar-refractivity contribution < 1.29 is 23.8 Å². The number of benzene rings is 8. The summed E-state index contributed by atoms with van der Waals surface area (Å²) in [7, 11) is 0. The molecule has 0 aliphatic carbocycles. The molecule has 5 heteroatoms. The molecule has 8 rings (SSSR count). The van der Waals surface area contributed by atoms with Crippen molar-refractivity contribution in [1.82, 2.24) is 0 Å². The average molecular weight is 883 g/mol. The van der Waals surface area contributed by atoms with Crippen LogP contribution in [-0.4, -0.2) is 11.9 Å². The Balaban J connectivity index is 1.16. The SMILES string of the molecule is CC(C)(c1ccccc1)c1ccc(OC(=O)c2cc(C(C)(C)c3ccccc3)ccc2Oc2ccc(C(C)(C)c3ccccc3)cc2C(=O)Oc2ccc(C(C)(C)c3ccccc3)cc2)cc1. The predicted octanol–water partition coefficient (Wildman–Crippen LogP) is 15.2. The van der Waals surface area contributed by atoms with Gasteiger partial charge in [0.2, 0.25) is 0 Å². The van der Waals surface area contributed by atoms with Crippen LogP contribution in [-0.2, 0) is 21.7 Å². The molecule has 0 aliphatic rings. The van der Waals surface area contributed by atoms with Gasteiger partial charge in [0, 0.05) is 21.7 Å². The molecule has 0 amide bonds. The molecule has 0 aromatic heterocycles. The Kier molecular flexibility index (Phi) is 12.9. The fourth-order valence-electron chi connectivity index (χ4n) is 8.74. The van der Waals surface area contributed by atoms with Crippen molar-refractivity contribution in [3.63, 3.8) is 0 Å². The van der Waals surface area contributed by atoms with E-state index in [4.69, 9.17) is 14.2 Å². The molecule has 67 heavy (non-hydrogen) atoms. The maximum atomic E-state index is 14.5. The van der Waals surface area contributed by atoms with Gasteiger partial charge >= 0.3 is 11.9 Å². The summed E-state index contributed by atoms with van der Waals surface area (Å²) < 4.78 is 19.0. The molecule has 5 nitrogen and oxygen atoms in total. The van der Waals surface area contributed by atoms with E-state index < -0.39 is 22.8 Å². The molecule has 0 saturated heterocycles. The highest BCUT2D eigenvalue weighted by atomic mass is 16.5. The molecule has 8 aromatic rings. The molecule has 0 unspecified atom stereocenters. The van der Waals surface area contributed by atoms with Gasteiger partial charge in [-0.15, -0.1) is 0 Å². The van der Waals surface area contributed by atoms with E-state index in [1.807, 2.05) is 146 Å². The molecule has 0 N–H and O–H groups in total. The van der Waals surface area contributed by atoms with Gasteiger partial charge in [0.25, 0.3) is 0 Å². The van der Waals surface area contributed by atoms with Crippen LogP contribution < -0.4 is 14.2 Å². The first-order valence-electron chi connectivity index (χ1n) is 22.9. The maximum Gasteiger partial charge on any atom is 0.347 e. The number of carbonyl (C=O) groups excluding carboxylic acids is 2. The summed E-state index contributed by atoms with van der Waals surface area (Å²) in [5, 5.41) is 0. The third kappa shape index (κ3) is 9.74. The van der Waals surface area contributed by atoms with Crippen LogP contribution in [0.5, 0.6) is 23.0 Å². The zero-order valence-electron chi connectivity index (χ0n) is 39.7. The third-order valence-electron chi connectivity index (χ3n) is 13.6. The van der Waals surface area contributed by atoms with Crippen LogP contribution in [0.2, 0.25) is 0 Å². The Morgan fingerprint density at radius 3 is 0.821 bits per heavy atom. The Hall–Kier alpha value is -7.50. The minimum atomic E-state index is -0.597. The van der Waals surface area contributed by atoms with Crippen molar-refractivity contribution in [2.75, 3.05) is 0 Å². The lowest BCUT2D eigenvalue weighted by Gasteiger charge is -2.28. The van der Waals surface area contributed by atoms with E-state index in [1.165, 1.54) is 11.1 Å². The van der Waals surface area contributed by atoms with Crippen LogP contribution in [0, 0.1) is 0 Å². The number of hydrogen-bond acceptors (Lipinski definition) is 5. The van der Waals surface area contributed by atoms with Crippen molar-refractivity contribution in [1.29, 1.82) is 0 Å². The van der Waals surface area contributed by atoms with E-state index in [-0.39, 0.29) is 33.5 Å². The molecule has 0 atom stereocenters. The highest BCUT2D eigenvalue weighted by Crippen LogP contribution is 2.40. The molecule has 0 saturated carbocycles. The summed E-state index contributed by atoms with van der Waals surface area (Å²) in [6, 6.07) is 67.4. The van der Waals surface area contributed by atoms with E-state index in [0.29, 0.717) is 11.5 Å². The van der Waals surface area contributed by atoms with Crippen LogP contribution in [0.4, 0.5) is 0 Å². The zero-order valence-corrected chi connectivity index (χ0v) is 39.7. The van der Waals surface area contributed by atoms with E-state index in [0.717, 1.165) is 33.4 Å². The van der Waals surface area contributed by atoms with Crippen molar-refractivity contribution in [3.05, 3.63) is 262 Å². The molecule has 0 fully saturated rings. The standard InChI is InChI=1S/C62H58O5/c1-59(2,43-21-13-9-14-22-43)47-29-35-51(36-30-47)65-57(63)53-41-49(61(5,6)45-25-17-11-18-26-45)33-39-55(53)67-56-40-34-50(62(7,8)46-27-19-12-20-28-46)42-54(56)58(64)66-52-37-31-48(32-38-52)60(3,4)44-23-15-10-16-24-44/h9-42H,1-8H3. The largest absolute Gasteiger partial charge is 0.456 e. The Morgan fingerprint density at radius 1 is 0.299 bits per heavy atom. The van der Waals surface area contributed by atoms with Crippen LogP contribution in [0.1, 0.15) is 121 Å². The predicted molar refractivity (Wildman–Crippen MR) is 270 cm³/mol. The fraction of sp³-hybridized carbons (Fsp3) is 0.194. The second-order valence-electron chi connectivity index (χ2n) is 19.3. The van der Waals surface area contributed by atoms with Crippen LogP contribution in [0.15, 0.2) is 206 Å². The molecule has 336 valence electrons. The zero-order chi connectivity index (χ0) is 47.4. The van der Waals surface area contributed by atoms with E-state index in [9.17, 15) is 9.59 Å². The van der Waals surface area contributed by atoms with Crippen molar-refractivity contribution in [3.8, 4) is 23.0 Å². The second kappa shape index (κ2) is 18.8. The molecule has 8 aromatic carbocycles. The number of esters is 2. The van der Waals surface area contributed by atoms with Gasteiger partial charge in [0.05, 0.1) is 0 Å². The normalized spacial score (nSPS) is 12.0. The molecular formula is C62H58O5. The Bertz CT molecular complexity index is 2760. The summed E-state index contributed by atoms with van der Waals surface area (Å²) in [6.07, 6.45) is 0. The number of carbonyl (C=O) groups is 2. The summed E-state index contributed by atoms with van der Waals surface area (Å²) in [6.45, 7) is 17.2. The second-order valence-corrected chi connectivity index (χ2v) is 19.3. The summed E-state index contributed by atoms with van der Waals surface area (Å²) >= 11 is 0. The monoisotopic (exact) mass is 882 g/mol. The van der Waals surface area contributed by atoms with E-state index in [2.05, 4.69) is 104 Å². The number of rotatable bonds is 14. The van der Waals surface area contributed by atoms with Gasteiger partial charge in [-0.2, -0.15) is 0 Å². The fourth-order valence-corrected chi connectivity index (χ4v) is 8.74. The first kappa shape index (κ1) is 46.0. The lowest BCUT2D eigenvalue weighted by Crippen LogP contribution is -2.21. The van der Waals surface area contributed by atoms with Crippen LogP contribution in [0.25, 0.3) is 0 Å². The summed E-state index contributed by atoms with van der Waals surface area (Å²) in [5.74, 6) is 0.0603. The number of hydrogen-bond donors (Lipinski definition) is 0. The highest BCUT2D eigenvalue weighted by molar-refractivity contribution is 5.96. The molecule has 0 aliphatic heterocycles. The first-order chi connectivity index (χ1) is 32.0. The quantitative estimate of drug-likeness (QED) is 0.0804. The van der Waals surface area contributed by atoms with E-state index in [1.54, 1.807) is 12.1 Å². The molecular weight excluding hydrogens is 825 g/mol. The van der Waals surface area contributed by atoms with Crippen LogP contribution in [0.3, 0.4) is 0 Å². The van der Waals surface area contributed by atoms with Gasteiger partial charge < -0.3 is 14.2 Å². The van der Waals surface area contributed by atoms with Crippen molar-refractivity contribution >= 4 is 11.9 Å². The lowest BCUT2D eigenvalue weighted by molar-refractivity contribution is 0.0726. The number of ether oxygens (including phenoxy) is 3. The van der Waals surface area contributed by atoms with Gasteiger partial charge in [0.1, 0.15) is 34.1 Å². The maximum absolute atomic E-state index is 14.5. The van der Waals surface area contributed by atoms with Gasteiger partial charge in [0.15, 0.2) is 0 Å². The van der Waals surface area contributed by atoms with Crippen LogP contribution >= 0.6 is 0 Å². The first-order valence-corrected chi connectivity index (χ1v) is 22.9. The Labute approximate surface area is 396 Å². The van der Waals surface area contributed by atoms with Crippen molar-refractivity contribution in [2.24, 2.45) is 0 Å². The minimum Gasteiger partial charge on any atom is -0.456 e. The topological polar surface area (TPSA) is 61.8 Å². The smallest absolute Gasteiger partial charge is 0.347 e. The average Bonchev–Trinajstić information content (AvgIpc) is 3.35. The summed E-state index contributed by atoms with van der Waals surface area (Å²) in [5.41, 5.74) is 7.38. The lowest BCUT2D eigenvalue weighted by atomic mass is 9.77. The molecule has 0 radical (unpaired) electrons. The molecule has 0 spiro atoms. The molecule has 0 heterocycles. The summed E-state index contributed by atoms with van der Waals surface area (Å²) in [4.78, 5) is 29.1. The van der Waals surface area contributed by atoms with Gasteiger partial charge in [-0.3, -0.25) is 0 Å². The molecule has 0 bridgehead atoms. The third-order valence-corrected chi connectivity index (χ3v) is 13.6. The van der Waals surface area contributed by atoms with Gasteiger partial charge in [-0.05, 0) is 93.0 Å². The van der Waals surface area contributed by atoms with Crippen molar-refractivity contribution in [2.45, 2.75) is 77.0 Å². The minimum absolute atomic E-state index is 0.208. The Morgan fingerprint density at radius 2 is 0.537 bits per heavy atom. The van der Waals surface area contributed by atoms with Gasteiger partial charge in [-0.1, -0.05) is 213 Å². The van der Waals surface area contributed by atoms with E-state index >= 15 is 0 Å².